The third kappa shape index (κ3) is 2.71. The van der Waals surface area contributed by atoms with Crippen LogP contribution in [0, 0.1) is 0 Å². The number of amides is 2. The van der Waals surface area contributed by atoms with E-state index in [2.05, 4.69) is 10.6 Å². The van der Waals surface area contributed by atoms with Gasteiger partial charge in [-0.05, 0) is 35.9 Å². The number of nitrogens with one attached hydrogen (secondary N) is 2. The van der Waals surface area contributed by atoms with Crippen LogP contribution in [0.3, 0.4) is 0 Å². The fourth-order valence-electron chi connectivity index (χ4n) is 2.55. The standard InChI is InChI=1S/C17H14N2O5/c20-16-8-22-14-5-10(1-3-12(14)19-16)7-18-17(21)11-2-4-13-15(6-11)24-9-23-13/h1-6H,7-9H2,(H,18,21)(H,19,20). The van der Waals surface area contributed by atoms with Crippen LogP contribution in [0.1, 0.15) is 15.9 Å². The first-order valence-electron chi connectivity index (χ1n) is 7.42. The van der Waals surface area contributed by atoms with Gasteiger partial charge in [0.25, 0.3) is 11.8 Å². The molecule has 2 aliphatic rings. The number of ether oxygens (including phenoxy) is 3. The Morgan fingerprint density at radius 2 is 1.92 bits per heavy atom. The zero-order valence-corrected chi connectivity index (χ0v) is 12.6. The molecule has 2 aliphatic heterocycles. The molecule has 0 aromatic heterocycles. The SMILES string of the molecule is O=C1COc2cc(CNC(=O)c3ccc4c(c3)OCO4)ccc2N1. The van der Waals surface area contributed by atoms with E-state index in [0.29, 0.717) is 35.0 Å². The van der Waals surface area contributed by atoms with Crippen molar-refractivity contribution >= 4 is 17.5 Å². The molecule has 0 radical (unpaired) electrons. The maximum absolute atomic E-state index is 12.3. The Hall–Kier alpha value is -3.22. The van der Waals surface area contributed by atoms with Crippen molar-refractivity contribution in [1.82, 2.24) is 5.32 Å². The van der Waals surface area contributed by atoms with Gasteiger partial charge in [-0.25, -0.2) is 0 Å². The van der Waals surface area contributed by atoms with Gasteiger partial charge in [-0.15, -0.1) is 0 Å². The highest BCUT2D eigenvalue weighted by Gasteiger charge is 2.17. The van der Waals surface area contributed by atoms with Crippen LogP contribution in [-0.2, 0) is 11.3 Å². The summed E-state index contributed by atoms with van der Waals surface area (Å²) in [6.45, 7) is 0.518. The first kappa shape index (κ1) is 14.4. The molecular weight excluding hydrogens is 312 g/mol. The van der Waals surface area contributed by atoms with E-state index in [-0.39, 0.29) is 25.2 Å². The Balaban J connectivity index is 1.43. The minimum absolute atomic E-state index is 0.00000894. The Labute approximate surface area is 137 Å². The Morgan fingerprint density at radius 3 is 2.83 bits per heavy atom. The average Bonchev–Trinajstić information content (AvgIpc) is 3.07. The van der Waals surface area contributed by atoms with Crippen molar-refractivity contribution in [3.05, 3.63) is 47.5 Å². The summed E-state index contributed by atoms with van der Waals surface area (Å²) in [5.41, 5.74) is 2.01. The molecule has 122 valence electrons. The van der Waals surface area contributed by atoms with Crippen molar-refractivity contribution in [1.29, 1.82) is 0 Å². The van der Waals surface area contributed by atoms with Gasteiger partial charge < -0.3 is 24.8 Å². The van der Waals surface area contributed by atoms with Crippen LogP contribution in [0.4, 0.5) is 5.69 Å². The third-order valence-corrected chi connectivity index (χ3v) is 3.77. The average molecular weight is 326 g/mol. The molecule has 7 heteroatoms. The van der Waals surface area contributed by atoms with E-state index < -0.39 is 0 Å². The zero-order chi connectivity index (χ0) is 16.5. The smallest absolute Gasteiger partial charge is 0.262 e. The van der Waals surface area contributed by atoms with Gasteiger partial charge >= 0.3 is 0 Å². The summed E-state index contributed by atoms with van der Waals surface area (Å²) in [6, 6.07) is 10.4. The van der Waals surface area contributed by atoms with Crippen molar-refractivity contribution < 1.29 is 23.8 Å². The van der Waals surface area contributed by atoms with E-state index in [0.717, 1.165) is 5.56 Å². The van der Waals surface area contributed by atoms with E-state index in [1.807, 2.05) is 6.07 Å². The highest BCUT2D eigenvalue weighted by molar-refractivity contribution is 5.96. The van der Waals surface area contributed by atoms with Gasteiger partial charge in [0.05, 0.1) is 5.69 Å². The molecular formula is C17H14N2O5. The molecule has 0 spiro atoms. The molecule has 2 aromatic carbocycles. The summed E-state index contributed by atoms with van der Waals surface area (Å²) in [6.07, 6.45) is 0. The van der Waals surface area contributed by atoms with Crippen molar-refractivity contribution in [3.63, 3.8) is 0 Å². The van der Waals surface area contributed by atoms with Crippen molar-refractivity contribution in [3.8, 4) is 17.2 Å². The molecule has 0 atom stereocenters. The molecule has 0 fully saturated rings. The maximum atomic E-state index is 12.3. The van der Waals surface area contributed by atoms with E-state index in [1.54, 1.807) is 30.3 Å². The third-order valence-electron chi connectivity index (χ3n) is 3.77. The van der Waals surface area contributed by atoms with Crippen LogP contribution in [0.15, 0.2) is 36.4 Å². The number of benzene rings is 2. The minimum atomic E-state index is -0.208. The first-order valence-corrected chi connectivity index (χ1v) is 7.42. The van der Waals surface area contributed by atoms with Gasteiger partial charge in [0.2, 0.25) is 6.79 Å². The summed E-state index contributed by atoms with van der Waals surface area (Å²) in [5, 5.41) is 5.57. The second-order valence-electron chi connectivity index (χ2n) is 5.42. The topological polar surface area (TPSA) is 85.9 Å². The van der Waals surface area contributed by atoms with E-state index in [1.165, 1.54) is 0 Å². The molecule has 0 saturated carbocycles. The number of carbonyl (C=O) groups excluding carboxylic acids is 2. The molecule has 24 heavy (non-hydrogen) atoms. The molecule has 2 aromatic rings. The monoisotopic (exact) mass is 326 g/mol. The molecule has 2 heterocycles. The fraction of sp³-hybridized carbons (Fsp3) is 0.176. The molecule has 2 amide bonds. The van der Waals surface area contributed by atoms with Crippen molar-refractivity contribution in [2.24, 2.45) is 0 Å². The summed E-state index contributed by atoms with van der Waals surface area (Å²) >= 11 is 0. The normalized spacial score (nSPS) is 14.4. The van der Waals surface area contributed by atoms with Gasteiger partial charge in [-0.2, -0.15) is 0 Å². The van der Waals surface area contributed by atoms with Gasteiger partial charge in [0.15, 0.2) is 18.1 Å². The number of fused-ring (bicyclic) bond motifs is 2. The molecule has 0 unspecified atom stereocenters. The predicted molar refractivity (Wildman–Crippen MR) is 84.3 cm³/mol. The number of rotatable bonds is 3. The molecule has 0 aliphatic carbocycles. The molecule has 7 nitrogen and oxygen atoms in total. The van der Waals surface area contributed by atoms with Crippen LogP contribution < -0.4 is 24.8 Å². The summed E-state index contributed by atoms with van der Waals surface area (Å²) in [4.78, 5) is 23.5. The van der Waals surface area contributed by atoms with Crippen LogP contribution in [0.25, 0.3) is 0 Å². The minimum Gasteiger partial charge on any atom is -0.482 e. The zero-order valence-electron chi connectivity index (χ0n) is 12.6. The Bertz CT molecular complexity index is 834. The van der Waals surface area contributed by atoms with Crippen molar-refractivity contribution in [2.45, 2.75) is 6.54 Å². The number of carbonyl (C=O) groups is 2. The fourth-order valence-corrected chi connectivity index (χ4v) is 2.55. The lowest BCUT2D eigenvalue weighted by Crippen LogP contribution is -2.26. The molecule has 0 bridgehead atoms. The highest BCUT2D eigenvalue weighted by Crippen LogP contribution is 2.32. The second kappa shape index (κ2) is 5.77. The van der Waals surface area contributed by atoms with E-state index >= 15 is 0 Å². The largest absolute Gasteiger partial charge is 0.482 e. The van der Waals surface area contributed by atoms with Crippen molar-refractivity contribution in [2.75, 3.05) is 18.7 Å². The van der Waals surface area contributed by atoms with Gasteiger partial charge in [0, 0.05) is 12.1 Å². The van der Waals surface area contributed by atoms with Crippen LogP contribution in [0.2, 0.25) is 0 Å². The second-order valence-corrected chi connectivity index (χ2v) is 5.42. The lowest BCUT2D eigenvalue weighted by atomic mass is 10.1. The van der Waals surface area contributed by atoms with Crippen LogP contribution >= 0.6 is 0 Å². The first-order chi connectivity index (χ1) is 11.7. The van der Waals surface area contributed by atoms with Gasteiger partial charge in [0.1, 0.15) is 5.75 Å². The van der Waals surface area contributed by atoms with Crippen LogP contribution in [-0.4, -0.2) is 25.2 Å². The van der Waals surface area contributed by atoms with Crippen LogP contribution in [0.5, 0.6) is 17.2 Å². The summed E-state index contributed by atoms with van der Waals surface area (Å²) in [5.74, 6) is 1.43. The number of hydrogen-bond donors (Lipinski definition) is 2. The number of hydrogen-bond acceptors (Lipinski definition) is 5. The molecule has 4 rings (SSSR count). The van der Waals surface area contributed by atoms with Gasteiger partial charge in [-0.1, -0.05) is 6.07 Å². The summed E-state index contributed by atoms with van der Waals surface area (Å²) < 4.78 is 15.9. The Kier molecular flexibility index (Phi) is 3.45. The molecule has 2 N–H and O–H groups in total. The predicted octanol–water partition coefficient (Wildman–Crippen LogP) is 1.68. The van der Waals surface area contributed by atoms with E-state index in [4.69, 9.17) is 14.2 Å². The maximum Gasteiger partial charge on any atom is 0.262 e. The summed E-state index contributed by atoms with van der Waals surface area (Å²) in [7, 11) is 0. The highest BCUT2D eigenvalue weighted by atomic mass is 16.7. The lowest BCUT2D eigenvalue weighted by molar-refractivity contribution is -0.118. The van der Waals surface area contributed by atoms with Gasteiger partial charge in [-0.3, -0.25) is 9.59 Å². The molecule has 0 saturated heterocycles. The lowest BCUT2D eigenvalue weighted by Gasteiger charge is -2.18. The quantitative estimate of drug-likeness (QED) is 0.896. The Morgan fingerprint density at radius 1 is 1.04 bits per heavy atom. The number of anilines is 1. The van der Waals surface area contributed by atoms with E-state index in [9.17, 15) is 9.59 Å².